The number of thiophene rings is 1. The molecule has 3 rings (SSSR count). The number of nitriles is 1. The smallest absolute Gasteiger partial charge is 0.275 e. The van der Waals surface area contributed by atoms with Crippen molar-refractivity contribution in [1.29, 1.82) is 5.26 Å². The topological polar surface area (TPSA) is 82.7 Å². The average Bonchev–Trinajstić information content (AvgIpc) is 3.09. The maximum atomic E-state index is 12.2. The molecule has 0 aliphatic heterocycles. The maximum absolute atomic E-state index is 12.2. The van der Waals surface area contributed by atoms with Gasteiger partial charge in [0.1, 0.15) is 16.8 Å². The van der Waals surface area contributed by atoms with Crippen LogP contribution in [0.15, 0.2) is 12.3 Å². The summed E-state index contributed by atoms with van der Waals surface area (Å²) in [6, 6.07) is 3.89. The van der Waals surface area contributed by atoms with Gasteiger partial charge in [0, 0.05) is 18.1 Å². The molecule has 1 amide bonds. The van der Waals surface area contributed by atoms with Gasteiger partial charge in [-0.1, -0.05) is 6.92 Å². The standard InChI is InChI=1S/C16H17N5OS2/c1-9-3-4-10-11(8-17)15(24-13(10)7-9)20-16(23)19-14(22)12-5-6-18-21(12)2/h5-6,9H,3-4,7H2,1-2H3,(H2,19,20,22,23). The summed E-state index contributed by atoms with van der Waals surface area (Å²) in [7, 11) is 1.69. The van der Waals surface area contributed by atoms with Gasteiger partial charge >= 0.3 is 0 Å². The first-order valence-corrected chi connectivity index (χ1v) is 8.87. The van der Waals surface area contributed by atoms with Gasteiger partial charge in [0.05, 0.1) is 5.56 Å². The predicted molar refractivity (Wildman–Crippen MR) is 97.1 cm³/mol. The Morgan fingerprint density at radius 1 is 1.58 bits per heavy atom. The largest absolute Gasteiger partial charge is 0.323 e. The number of hydrogen-bond donors (Lipinski definition) is 2. The van der Waals surface area contributed by atoms with E-state index < -0.39 is 0 Å². The third kappa shape index (κ3) is 3.18. The second-order valence-corrected chi connectivity index (χ2v) is 7.43. The van der Waals surface area contributed by atoms with Crippen molar-refractivity contribution in [3.8, 4) is 6.07 Å². The lowest BCUT2D eigenvalue weighted by Crippen LogP contribution is -2.35. The molecule has 6 nitrogen and oxygen atoms in total. The summed E-state index contributed by atoms with van der Waals surface area (Å²) >= 11 is 6.78. The van der Waals surface area contributed by atoms with Crippen LogP contribution in [0, 0.1) is 17.2 Å². The lowest BCUT2D eigenvalue weighted by atomic mass is 9.89. The third-order valence-corrected chi connectivity index (χ3v) is 5.51. The highest BCUT2D eigenvalue weighted by atomic mass is 32.1. The molecule has 0 bridgehead atoms. The Hall–Kier alpha value is -2.24. The molecule has 0 saturated heterocycles. The number of aryl methyl sites for hydroxylation is 1. The van der Waals surface area contributed by atoms with Crippen molar-refractivity contribution in [2.45, 2.75) is 26.2 Å². The molecule has 0 fully saturated rings. The molecular formula is C16H17N5OS2. The number of carbonyl (C=O) groups is 1. The highest BCUT2D eigenvalue weighted by Gasteiger charge is 2.24. The molecule has 0 radical (unpaired) electrons. The molecule has 0 spiro atoms. The third-order valence-electron chi connectivity index (χ3n) is 4.13. The number of thiocarbonyl (C=S) groups is 1. The van der Waals surface area contributed by atoms with E-state index in [2.05, 4.69) is 28.7 Å². The van der Waals surface area contributed by atoms with Crippen LogP contribution in [-0.2, 0) is 19.9 Å². The van der Waals surface area contributed by atoms with Gasteiger partial charge in [-0.25, -0.2) is 0 Å². The Balaban J connectivity index is 1.74. The number of hydrogen-bond acceptors (Lipinski definition) is 5. The monoisotopic (exact) mass is 359 g/mol. The molecule has 1 aliphatic rings. The number of anilines is 1. The Labute approximate surface area is 149 Å². The van der Waals surface area contributed by atoms with E-state index in [1.165, 1.54) is 9.56 Å². The van der Waals surface area contributed by atoms with Crippen molar-refractivity contribution in [1.82, 2.24) is 15.1 Å². The van der Waals surface area contributed by atoms with Crippen molar-refractivity contribution in [3.63, 3.8) is 0 Å². The lowest BCUT2D eigenvalue weighted by molar-refractivity contribution is 0.0968. The van der Waals surface area contributed by atoms with Crippen molar-refractivity contribution < 1.29 is 4.79 Å². The number of nitrogens with one attached hydrogen (secondary N) is 2. The molecule has 24 heavy (non-hydrogen) atoms. The first kappa shape index (κ1) is 16.6. The maximum Gasteiger partial charge on any atom is 0.275 e. The average molecular weight is 359 g/mol. The van der Waals surface area contributed by atoms with Gasteiger partial charge in [0.2, 0.25) is 0 Å². The van der Waals surface area contributed by atoms with E-state index in [1.807, 2.05) is 0 Å². The van der Waals surface area contributed by atoms with E-state index in [0.29, 0.717) is 22.2 Å². The number of amides is 1. The highest BCUT2D eigenvalue weighted by molar-refractivity contribution is 7.80. The summed E-state index contributed by atoms with van der Waals surface area (Å²) in [5, 5.41) is 20.0. The minimum atomic E-state index is -0.332. The van der Waals surface area contributed by atoms with Gasteiger partial charge < -0.3 is 5.32 Å². The van der Waals surface area contributed by atoms with Gasteiger partial charge in [0.25, 0.3) is 5.91 Å². The zero-order valence-corrected chi connectivity index (χ0v) is 15.1. The Bertz CT molecular complexity index is 845. The highest BCUT2D eigenvalue weighted by Crippen LogP contribution is 2.39. The lowest BCUT2D eigenvalue weighted by Gasteiger charge is -2.17. The van der Waals surface area contributed by atoms with Crippen LogP contribution in [0.25, 0.3) is 0 Å². The van der Waals surface area contributed by atoms with Gasteiger partial charge in [0.15, 0.2) is 5.11 Å². The number of aromatic nitrogens is 2. The Morgan fingerprint density at radius 2 is 2.38 bits per heavy atom. The molecule has 2 N–H and O–H groups in total. The van der Waals surface area contributed by atoms with Crippen molar-refractivity contribution in [2.24, 2.45) is 13.0 Å². The van der Waals surface area contributed by atoms with Crippen molar-refractivity contribution >= 4 is 39.6 Å². The number of fused-ring (bicyclic) bond motifs is 1. The van der Waals surface area contributed by atoms with Crippen molar-refractivity contribution in [2.75, 3.05) is 5.32 Å². The van der Waals surface area contributed by atoms with Crippen LogP contribution >= 0.6 is 23.6 Å². The molecule has 2 aromatic heterocycles. The summed E-state index contributed by atoms with van der Waals surface area (Å²) in [5.41, 5.74) is 2.20. The summed E-state index contributed by atoms with van der Waals surface area (Å²) in [5.74, 6) is 0.299. The van der Waals surface area contributed by atoms with Gasteiger partial charge in [-0.15, -0.1) is 11.3 Å². The Morgan fingerprint density at radius 3 is 3.04 bits per heavy atom. The van der Waals surface area contributed by atoms with Crippen LogP contribution in [0.1, 0.15) is 39.8 Å². The van der Waals surface area contributed by atoms with Crippen LogP contribution in [0.5, 0.6) is 0 Å². The molecule has 8 heteroatoms. The first-order valence-electron chi connectivity index (χ1n) is 7.64. The van der Waals surface area contributed by atoms with E-state index >= 15 is 0 Å². The van der Waals surface area contributed by atoms with Crippen LogP contribution in [-0.4, -0.2) is 20.8 Å². The predicted octanol–water partition coefficient (Wildman–Crippen LogP) is 2.60. The summed E-state index contributed by atoms with van der Waals surface area (Å²) in [4.78, 5) is 13.4. The number of rotatable bonds is 2. The normalized spacial score (nSPS) is 16.1. The van der Waals surface area contributed by atoms with E-state index in [-0.39, 0.29) is 11.0 Å². The quantitative estimate of drug-likeness (QED) is 0.806. The fourth-order valence-electron chi connectivity index (χ4n) is 2.86. The molecule has 2 heterocycles. The molecule has 0 saturated carbocycles. The Kier molecular flexibility index (Phi) is 4.64. The summed E-state index contributed by atoms with van der Waals surface area (Å²) < 4.78 is 1.48. The molecule has 124 valence electrons. The van der Waals surface area contributed by atoms with E-state index in [9.17, 15) is 10.1 Å². The van der Waals surface area contributed by atoms with Crippen LogP contribution in [0.4, 0.5) is 5.00 Å². The minimum Gasteiger partial charge on any atom is -0.323 e. The molecule has 2 aromatic rings. The fourth-order valence-corrected chi connectivity index (χ4v) is 4.48. The second kappa shape index (κ2) is 6.71. The second-order valence-electron chi connectivity index (χ2n) is 5.92. The molecule has 1 unspecified atom stereocenters. The van der Waals surface area contributed by atoms with E-state index in [1.54, 1.807) is 30.6 Å². The van der Waals surface area contributed by atoms with E-state index in [0.717, 1.165) is 24.8 Å². The molecule has 1 aliphatic carbocycles. The number of carbonyl (C=O) groups excluding carboxylic acids is 1. The minimum absolute atomic E-state index is 0.185. The number of nitrogens with zero attached hydrogens (tertiary/aromatic N) is 3. The van der Waals surface area contributed by atoms with Gasteiger partial charge in [-0.3, -0.25) is 14.8 Å². The zero-order valence-electron chi connectivity index (χ0n) is 13.4. The molecule has 1 atom stereocenters. The zero-order chi connectivity index (χ0) is 17.3. The van der Waals surface area contributed by atoms with E-state index in [4.69, 9.17) is 12.2 Å². The fraction of sp³-hybridized carbons (Fsp3) is 0.375. The SMILES string of the molecule is CC1CCc2c(sc(NC(=S)NC(=O)c3ccnn3C)c2C#N)C1. The summed E-state index contributed by atoms with van der Waals surface area (Å²) in [6.45, 7) is 2.22. The summed E-state index contributed by atoms with van der Waals surface area (Å²) in [6.07, 6.45) is 4.56. The van der Waals surface area contributed by atoms with Crippen LogP contribution in [0.2, 0.25) is 0 Å². The molecular weight excluding hydrogens is 342 g/mol. The van der Waals surface area contributed by atoms with Crippen LogP contribution in [0.3, 0.4) is 0 Å². The van der Waals surface area contributed by atoms with Crippen LogP contribution < -0.4 is 10.6 Å². The van der Waals surface area contributed by atoms with Gasteiger partial charge in [-0.05, 0) is 49.0 Å². The van der Waals surface area contributed by atoms with Gasteiger partial charge in [-0.2, -0.15) is 10.4 Å². The van der Waals surface area contributed by atoms with Crippen molar-refractivity contribution in [3.05, 3.63) is 34.0 Å². The first-order chi connectivity index (χ1) is 11.5. The molecule has 0 aromatic carbocycles.